The predicted molar refractivity (Wildman–Crippen MR) is 127 cm³/mol. The van der Waals surface area contributed by atoms with Gasteiger partial charge in [-0.25, -0.2) is 9.97 Å². The minimum absolute atomic E-state index is 0.000549. The van der Waals surface area contributed by atoms with Gasteiger partial charge in [-0.2, -0.15) is 4.39 Å². The van der Waals surface area contributed by atoms with E-state index in [2.05, 4.69) is 11.6 Å². The molecule has 1 aliphatic heterocycles. The third-order valence-electron chi connectivity index (χ3n) is 6.11. The van der Waals surface area contributed by atoms with Crippen LogP contribution in [0.25, 0.3) is 16.8 Å². The number of carbonyl (C=O) groups excluding carboxylic acids is 1. The zero-order valence-electron chi connectivity index (χ0n) is 19.0. The Bertz CT molecular complexity index is 1420. The molecule has 1 amide bonds. The zero-order valence-corrected chi connectivity index (χ0v) is 19.0. The molecule has 178 valence electrons. The molecule has 1 saturated heterocycles. The SMILES string of the molecule is C=CC(=O)N1CCC(c2nc(-c3ccc(Oc4cccc(OC)c4F)cc3)c3c(O)nccn23)C1. The molecular weight excluding hydrogens is 451 g/mol. The fourth-order valence-corrected chi connectivity index (χ4v) is 4.37. The van der Waals surface area contributed by atoms with Crippen LogP contribution in [0.5, 0.6) is 23.1 Å². The van der Waals surface area contributed by atoms with Crippen LogP contribution < -0.4 is 9.47 Å². The van der Waals surface area contributed by atoms with Crippen molar-refractivity contribution in [1.82, 2.24) is 19.3 Å². The molecule has 4 aromatic rings. The molecule has 1 fully saturated rings. The summed E-state index contributed by atoms with van der Waals surface area (Å²) in [6.45, 7) is 4.70. The minimum Gasteiger partial charge on any atom is -0.494 e. The normalized spacial score (nSPS) is 15.4. The lowest BCUT2D eigenvalue weighted by Gasteiger charge is -2.13. The standard InChI is InChI=1S/C26H23FN4O4/c1-3-21(32)30-13-11-17(15-30)25-29-23(24-26(33)28-12-14-31(24)25)16-7-9-18(10-8-16)35-20-6-4-5-19(34-2)22(20)27/h3-10,12,14,17H,1,11,13,15H2,2H3,(H,28,33). The van der Waals surface area contributed by atoms with E-state index in [0.29, 0.717) is 30.0 Å². The van der Waals surface area contributed by atoms with Gasteiger partial charge in [-0.1, -0.05) is 12.6 Å². The number of imidazole rings is 1. The van der Waals surface area contributed by atoms with Gasteiger partial charge in [0.25, 0.3) is 0 Å². The number of halogens is 1. The second-order valence-corrected chi connectivity index (χ2v) is 8.16. The molecule has 1 unspecified atom stereocenters. The molecule has 5 rings (SSSR count). The Kier molecular flexibility index (Phi) is 5.82. The molecule has 0 aliphatic carbocycles. The lowest BCUT2D eigenvalue weighted by molar-refractivity contribution is -0.125. The highest BCUT2D eigenvalue weighted by molar-refractivity contribution is 5.87. The number of nitrogens with zero attached hydrogens (tertiary/aromatic N) is 4. The first-order chi connectivity index (χ1) is 17.0. The maximum absolute atomic E-state index is 14.4. The van der Waals surface area contributed by atoms with E-state index in [4.69, 9.17) is 14.5 Å². The Labute approximate surface area is 200 Å². The fraction of sp³-hybridized carbons (Fsp3) is 0.192. The lowest BCUT2D eigenvalue weighted by atomic mass is 10.1. The van der Waals surface area contributed by atoms with Crippen LogP contribution in [0.4, 0.5) is 4.39 Å². The molecule has 8 nitrogen and oxygen atoms in total. The van der Waals surface area contributed by atoms with Gasteiger partial charge in [0.2, 0.25) is 17.6 Å². The summed E-state index contributed by atoms with van der Waals surface area (Å²) >= 11 is 0. The highest BCUT2D eigenvalue weighted by atomic mass is 19.1. The molecule has 1 aliphatic rings. The average Bonchev–Trinajstić information content (AvgIpc) is 3.51. The van der Waals surface area contributed by atoms with Crippen LogP contribution >= 0.6 is 0 Å². The van der Waals surface area contributed by atoms with Crippen molar-refractivity contribution in [2.75, 3.05) is 20.2 Å². The molecule has 1 atom stereocenters. The van der Waals surface area contributed by atoms with Crippen molar-refractivity contribution in [2.45, 2.75) is 12.3 Å². The van der Waals surface area contributed by atoms with Gasteiger partial charge in [-0.05, 0) is 48.9 Å². The van der Waals surface area contributed by atoms with Gasteiger partial charge in [-0.15, -0.1) is 0 Å². The molecule has 0 spiro atoms. The fourth-order valence-electron chi connectivity index (χ4n) is 4.37. The maximum atomic E-state index is 14.4. The Morgan fingerprint density at radius 2 is 2.00 bits per heavy atom. The first kappa shape index (κ1) is 22.4. The summed E-state index contributed by atoms with van der Waals surface area (Å²) in [5.74, 6) is 0.485. The largest absolute Gasteiger partial charge is 0.494 e. The van der Waals surface area contributed by atoms with E-state index in [9.17, 15) is 14.3 Å². The van der Waals surface area contributed by atoms with E-state index in [0.717, 1.165) is 17.8 Å². The lowest BCUT2D eigenvalue weighted by Crippen LogP contribution is -2.26. The number of fused-ring (bicyclic) bond motifs is 1. The van der Waals surface area contributed by atoms with E-state index in [1.807, 2.05) is 4.40 Å². The number of rotatable bonds is 6. The highest BCUT2D eigenvalue weighted by Crippen LogP contribution is 2.36. The smallest absolute Gasteiger partial charge is 0.245 e. The Balaban J connectivity index is 1.47. The molecular formula is C26H23FN4O4. The molecule has 2 aromatic carbocycles. The van der Waals surface area contributed by atoms with Crippen molar-refractivity contribution < 1.29 is 23.8 Å². The number of carbonyl (C=O) groups is 1. The molecule has 3 heterocycles. The van der Waals surface area contributed by atoms with Gasteiger partial charge < -0.3 is 19.5 Å². The number of amides is 1. The van der Waals surface area contributed by atoms with Crippen molar-refractivity contribution in [3.05, 3.63) is 79.2 Å². The van der Waals surface area contributed by atoms with Crippen LogP contribution in [-0.4, -0.2) is 50.5 Å². The second kappa shape index (κ2) is 9.09. The van der Waals surface area contributed by atoms with Crippen molar-refractivity contribution in [2.24, 2.45) is 0 Å². The van der Waals surface area contributed by atoms with E-state index in [-0.39, 0.29) is 29.2 Å². The molecule has 9 heteroatoms. The van der Waals surface area contributed by atoms with E-state index >= 15 is 0 Å². The van der Waals surface area contributed by atoms with Gasteiger partial charge >= 0.3 is 0 Å². The Morgan fingerprint density at radius 3 is 2.74 bits per heavy atom. The summed E-state index contributed by atoms with van der Waals surface area (Å²) in [6.07, 6.45) is 5.33. The summed E-state index contributed by atoms with van der Waals surface area (Å²) in [7, 11) is 1.39. The van der Waals surface area contributed by atoms with E-state index in [1.54, 1.807) is 41.4 Å². The summed E-state index contributed by atoms with van der Waals surface area (Å²) < 4.78 is 27.0. The van der Waals surface area contributed by atoms with Gasteiger partial charge in [0.1, 0.15) is 22.8 Å². The number of aromatic nitrogens is 3. The van der Waals surface area contributed by atoms with Gasteiger partial charge in [0.15, 0.2) is 11.5 Å². The molecule has 1 N–H and O–H groups in total. The maximum Gasteiger partial charge on any atom is 0.245 e. The van der Waals surface area contributed by atoms with E-state index < -0.39 is 5.82 Å². The number of hydrogen-bond acceptors (Lipinski definition) is 6. The number of hydrogen-bond donors (Lipinski definition) is 1. The van der Waals surface area contributed by atoms with Gasteiger partial charge in [0.05, 0.1) is 7.11 Å². The monoisotopic (exact) mass is 474 g/mol. The Hall–Kier alpha value is -4.40. The van der Waals surface area contributed by atoms with Crippen molar-refractivity contribution in [1.29, 1.82) is 0 Å². The van der Waals surface area contributed by atoms with Crippen LogP contribution in [0, 0.1) is 5.82 Å². The molecule has 0 bridgehead atoms. The minimum atomic E-state index is -0.583. The van der Waals surface area contributed by atoms with Crippen LogP contribution in [0.2, 0.25) is 0 Å². The first-order valence-corrected chi connectivity index (χ1v) is 11.1. The number of aromatic hydroxyl groups is 1. The van der Waals surface area contributed by atoms with Crippen LogP contribution in [-0.2, 0) is 4.79 Å². The average molecular weight is 474 g/mol. The van der Waals surface area contributed by atoms with E-state index in [1.165, 1.54) is 31.5 Å². The summed E-state index contributed by atoms with van der Waals surface area (Å²) in [6, 6.07) is 11.7. The number of ether oxygens (including phenoxy) is 2. The second-order valence-electron chi connectivity index (χ2n) is 8.16. The van der Waals surface area contributed by atoms with Gasteiger partial charge in [0, 0.05) is 37.0 Å². The topological polar surface area (TPSA) is 89.2 Å². The number of benzene rings is 2. The number of likely N-dealkylation sites (tertiary alicyclic amines) is 1. The van der Waals surface area contributed by atoms with Crippen molar-refractivity contribution in [3.8, 4) is 34.4 Å². The molecule has 0 radical (unpaired) electrons. The summed E-state index contributed by atoms with van der Waals surface area (Å²) in [4.78, 5) is 22.7. The summed E-state index contributed by atoms with van der Waals surface area (Å²) in [5, 5.41) is 10.5. The molecule has 0 saturated carbocycles. The first-order valence-electron chi connectivity index (χ1n) is 11.1. The van der Waals surface area contributed by atoms with Crippen molar-refractivity contribution in [3.63, 3.8) is 0 Å². The number of methoxy groups -OCH3 is 1. The van der Waals surface area contributed by atoms with Crippen molar-refractivity contribution >= 4 is 11.4 Å². The zero-order chi connectivity index (χ0) is 24.5. The van der Waals surface area contributed by atoms with Gasteiger partial charge in [-0.3, -0.25) is 9.20 Å². The third-order valence-corrected chi connectivity index (χ3v) is 6.11. The quantitative estimate of drug-likeness (QED) is 0.413. The highest BCUT2D eigenvalue weighted by Gasteiger charge is 2.30. The van der Waals surface area contributed by atoms with Crippen LogP contribution in [0.15, 0.2) is 67.5 Å². The van der Waals surface area contributed by atoms with Crippen LogP contribution in [0.3, 0.4) is 0 Å². The molecule has 35 heavy (non-hydrogen) atoms. The predicted octanol–water partition coefficient (Wildman–Crippen LogP) is 4.54. The summed E-state index contributed by atoms with van der Waals surface area (Å²) in [5.41, 5.74) is 1.76. The molecule has 2 aromatic heterocycles. The Morgan fingerprint density at radius 1 is 1.23 bits per heavy atom. The van der Waals surface area contributed by atoms with Crippen LogP contribution in [0.1, 0.15) is 18.2 Å². The third kappa shape index (κ3) is 4.05.